The molecule has 1 aromatic heterocycles. The summed E-state index contributed by atoms with van der Waals surface area (Å²) in [6.07, 6.45) is -3.47. The van der Waals surface area contributed by atoms with Gasteiger partial charge in [0.2, 0.25) is 0 Å². The van der Waals surface area contributed by atoms with Crippen molar-refractivity contribution in [2.45, 2.75) is 12.7 Å². The molecule has 0 atom stereocenters. The zero-order valence-electron chi connectivity index (χ0n) is 8.66. The third-order valence-corrected chi connectivity index (χ3v) is 3.07. The van der Waals surface area contributed by atoms with E-state index < -0.39 is 11.1 Å². The van der Waals surface area contributed by atoms with Gasteiger partial charge in [0, 0.05) is 6.54 Å². The Morgan fingerprint density at radius 3 is 2.47 bits per heavy atom. The quantitative estimate of drug-likeness (QED) is 0.906. The van der Waals surface area contributed by atoms with Gasteiger partial charge in [0.1, 0.15) is 4.88 Å². The third-order valence-electron chi connectivity index (χ3n) is 2.07. The van der Waals surface area contributed by atoms with E-state index in [2.05, 4.69) is 10.3 Å². The van der Waals surface area contributed by atoms with Crippen molar-refractivity contribution in [3.05, 3.63) is 47.0 Å². The summed E-state index contributed by atoms with van der Waals surface area (Å²) in [6, 6.07) is 9.42. The first kappa shape index (κ1) is 11.9. The van der Waals surface area contributed by atoms with E-state index in [1.165, 1.54) is 0 Å². The number of alkyl halides is 3. The fourth-order valence-electron chi connectivity index (χ4n) is 1.26. The highest BCUT2D eigenvalue weighted by Crippen LogP contribution is 2.35. The largest absolute Gasteiger partial charge is 0.427 e. The molecule has 90 valence electrons. The fourth-order valence-corrected chi connectivity index (χ4v) is 1.94. The molecule has 0 aliphatic heterocycles. The number of rotatable bonds is 3. The summed E-state index contributed by atoms with van der Waals surface area (Å²) in [7, 11) is 0. The minimum Gasteiger partial charge on any atom is -0.357 e. The van der Waals surface area contributed by atoms with E-state index in [1.54, 1.807) is 0 Å². The summed E-state index contributed by atoms with van der Waals surface area (Å²) >= 11 is 0.612. The van der Waals surface area contributed by atoms with Crippen LogP contribution in [-0.4, -0.2) is 4.98 Å². The van der Waals surface area contributed by atoms with E-state index in [-0.39, 0.29) is 5.13 Å². The summed E-state index contributed by atoms with van der Waals surface area (Å²) in [5, 5.41) is 3.14. The molecule has 0 fully saturated rings. The smallest absolute Gasteiger partial charge is 0.357 e. The first-order valence-corrected chi connectivity index (χ1v) is 5.68. The number of halogens is 3. The van der Waals surface area contributed by atoms with Gasteiger partial charge in [-0.05, 0) is 5.56 Å². The standard InChI is InChI=1S/C11H9F3N2S/c12-11(13,14)9-7-16-10(17-9)15-6-8-4-2-1-3-5-8/h1-5,7H,6H2,(H,15,16). The van der Waals surface area contributed by atoms with Gasteiger partial charge < -0.3 is 5.32 Å². The Kier molecular flexibility index (Phi) is 3.33. The van der Waals surface area contributed by atoms with E-state index in [0.29, 0.717) is 17.9 Å². The average molecular weight is 258 g/mol. The van der Waals surface area contributed by atoms with Crippen LogP contribution in [0.3, 0.4) is 0 Å². The highest BCUT2D eigenvalue weighted by molar-refractivity contribution is 7.15. The molecule has 0 aliphatic rings. The number of thiazole rings is 1. The maximum atomic E-state index is 12.3. The molecular formula is C11H9F3N2S. The van der Waals surface area contributed by atoms with Crippen LogP contribution in [0, 0.1) is 0 Å². The third kappa shape index (κ3) is 3.20. The summed E-state index contributed by atoms with van der Waals surface area (Å²) in [5.74, 6) is 0. The summed E-state index contributed by atoms with van der Waals surface area (Å²) in [6.45, 7) is 0.464. The van der Waals surface area contributed by atoms with E-state index in [4.69, 9.17) is 0 Å². The first-order chi connectivity index (χ1) is 8.05. The SMILES string of the molecule is FC(F)(F)c1cnc(NCc2ccccc2)s1. The lowest BCUT2D eigenvalue weighted by Gasteiger charge is -2.02. The molecule has 2 rings (SSSR count). The molecule has 0 saturated heterocycles. The Morgan fingerprint density at radius 1 is 1.18 bits per heavy atom. The van der Waals surface area contributed by atoms with Crippen molar-refractivity contribution in [1.29, 1.82) is 0 Å². The molecule has 0 radical (unpaired) electrons. The maximum absolute atomic E-state index is 12.3. The van der Waals surface area contributed by atoms with Crippen molar-refractivity contribution in [1.82, 2.24) is 4.98 Å². The van der Waals surface area contributed by atoms with E-state index >= 15 is 0 Å². The van der Waals surface area contributed by atoms with Crippen LogP contribution < -0.4 is 5.32 Å². The topological polar surface area (TPSA) is 24.9 Å². The van der Waals surface area contributed by atoms with Crippen LogP contribution in [0.25, 0.3) is 0 Å². The van der Waals surface area contributed by atoms with Gasteiger partial charge in [0.05, 0.1) is 6.20 Å². The number of benzene rings is 1. The van der Waals surface area contributed by atoms with Crippen molar-refractivity contribution in [2.24, 2.45) is 0 Å². The molecule has 17 heavy (non-hydrogen) atoms. The normalized spacial score (nSPS) is 11.5. The molecule has 0 bridgehead atoms. The monoisotopic (exact) mass is 258 g/mol. The predicted octanol–water partition coefficient (Wildman–Crippen LogP) is 3.77. The Morgan fingerprint density at radius 2 is 1.88 bits per heavy atom. The Hall–Kier alpha value is -1.56. The molecule has 0 saturated carbocycles. The van der Waals surface area contributed by atoms with E-state index in [0.717, 1.165) is 11.8 Å². The number of nitrogens with zero attached hydrogens (tertiary/aromatic N) is 1. The van der Waals surface area contributed by atoms with Gasteiger partial charge in [-0.3, -0.25) is 0 Å². The summed E-state index contributed by atoms with van der Waals surface area (Å²) in [5.41, 5.74) is 0.997. The molecule has 0 aliphatic carbocycles. The number of nitrogens with one attached hydrogen (secondary N) is 1. The number of aromatic nitrogens is 1. The van der Waals surface area contributed by atoms with Crippen LogP contribution in [0.15, 0.2) is 36.5 Å². The van der Waals surface area contributed by atoms with Gasteiger partial charge in [0.15, 0.2) is 5.13 Å². The summed E-state index contributed by atoms with van der Waals surface area (Å²) < 4.78 is 36.9. The van der Waals surface area contributed by atoms with Crippen LogP contribution in [0.1, 0.15) is 10.4 Å². The second-order valence-electron chi connectivity index (χ2n) is 3.37. The highest BCUT2D eigenvalue weighted by atomic mass is 32.1. The van der Waals surface area contributed by atoms with Gasteiger partial charge in [-0.25, -0.2) is 4.98 Å². The lowest BCUT2D eigenvalue weighted by Crippen LogP contribution is -2.00. The number of hydrogen-bond acceptors (Lipinski definition) is 3. The lowest BCUT2D eigenvalue weighted by molar-refractivity contribution is -0.134. The fraction of sp³-hybridized carbons (Fsp3) is 0.182. The number of hydrogen-bond donors (Lipinski definition) is 1. The van der Waals surface area contributed by atoms with Crippen molar-refractivity contribution < 1.29 is 13.2 Å². The molecule has 0 spiro atoms. The lowest BCUT2D eigenvalue weighted by atomic mass is 10.2. The molecule has 1 heterocycles. The van der Waals surface area contributed by atoms with Crippen molar-refractivity contribution in [3.63, 3.8) is 0 Å². The van der Waals surface area contributed by atoms with Gasteiger partial charge in [0.25, 0.3) is 0 Å². The molecule has 2 aromatic rings. The second kappa shape index (κ2) is 4.75. The van der Waals surface area contributed by atoms with E-state index in [1.807, 2.05) is 30.3 Å². The Balaban J connectivity index is 1.99. The number of anilines is 1. The van der Waals surface area contributed by atoms with E-state index in [9.17, 15) is 13.2 Å². The highest BCUT2D eigenvalue weighted by Gasteiger charge is 2.33. The van der Waals surface area contributed by atoms with Gasteiger partial charge >= 0.3 is 6.18 Å². The zero-order valence-corrected chi connectivity index (χ0v) is 9.48. The minimum atomic E-state index is -4.32. The second-order valence-corrected chi connectivity index (χ2v) is 4.40. The Labute approximate surface area is 100 Å². The van der Waals surface area contributed by atoms with Crippen LogP contribution in [0.2, 0.25) is 0 Å². The molecule has 1 N–H and O–H groups in total. The van der Waals surface area contributed by atoms with Crippen molar-refractivity contribution >= 4 is 16.5 Å². The Bertz CT molecular complexity index is 479. The van der Waals surface area contributed by atoms with Crippen molar-refractivity contribution in [2.75, 3.05) is 5.32 Å². The van der Waals surface area contributed by atoms with Crippen LogP contribution >= 0.6 is 11.3 Å². The van der Waals surface area contributed by atoms with Gasteiger partial charge in [-0.15, -0.1) is 0 Å². The van der Waals surface area contributed by atoms with Crippen LogP contribution in [0.4, 0.5) is 18.3 Å². The average Bonchev–Trinajstić information content (AvgIpc) is 2.76. The molecule has 6 heteroatoms. The molecular weight excluding hydrogens is 249 g/mol. The van der Waals surface area contributed by atoms with Gasteiger partial charge in [-0.1, -0.05) is 41.7 Å². The molecule has 2 nitrogen and oxygen atoms in total. The minimum absolute atomic E-state index is 0.279. The van der Waals surface area contributed by atoms with Gasteiger partial charge in [-0.2, -0.15) is 13.2 Å². The molecule has 0 unspecified atom stereocenters. The predicted molar refractivity (Wildman–Crippen MR) is 60.9 cm³/mol. The van der Waals surface area contributed by atoms with Crippen LogP contribution in [-0.2, 0) is 12.7 Å². The molecule has 1 aromatic carbocycles. The maximum Gasteiger partial charge on any atom is 0.427 e. The zero-order chi connectivity index (χ0) is 12.3. The van der Waals surface area contributed by atoms with Crippen molar-refractivity contribution in [3.8, 4) is 0 Å². The van der Waals surface area contributed by atoms with Crippen LogP contribution in [0.5, 0.6) is 0 Å². The molecule has 0 amide bonds. The summed E-state index contributed by atoms with van der Waals surface area (Å²) in [4.78, 5) is 3.00. The first-order valence-electron chi connectivity index (χ1n) is 4.86.